The molecule has 0 bridgehead atoms. The number of hydrogen-bond donors (Lipinski definition) is 3. The fourth-order valence-electron chi connectivity index (χ4n) is 2.71. The Labute approximate surface area is 188 Å². The molecule has 1 amide bonds. The maximum Gasteiger partial charge on any atom is 0.224 e. The van der Waals surface area contributed by atoms with Crippen LogP contribution in [0.15, 0.2) is 0 Å². The van der Waals surface area contributed by atoms with Crippen LogP contribution in [0.25, 0.3) is 0 Å². The van der Waals surface area contributed by atoms with E-state index in [1.54, 1.807) is 0 Å². The molecule has 31 heavy (non-hydrogen) atoms. The summed E-state index contributed by atoms with van der Waals surface area (Å²) >= 11 is 0. The summed E-state index contributed by atoms with van der Waals surface area (Å²) < 4.78 is 21.4. The summed E-state index contributed by atoms with van der Waals surface area (Å²) in [7, 11) is 0. The highest BCUT2D eigenvalue weighted by Crippen LogP contribution is 2.03. The van der Waals surface area contributed by atoms with Crippen LogP contribution in [-0.4, -0.2) is 103 Å². The van der Waals surface area contributed by atoms with Crippen LogP contribution in [-0.2, 0) is 23.7 Å². The lowest BCUT2D eigenvalue weighted by Crippen LogP contribution is -2.39. The third-order valence-corrected chi connectivity index (χ3v) is 4.38. The zero-order valence-corrected chi connectivity index (χ0v) is 19.2. The zero-order valence-electron chi connectivity index (χ0n) is 19.2. The van der Waals surface area contributed by atoms with Gasteiger partial charge < -0.3 is 40.6 Å². The summed E-state index contributed by atoms with van der Waals surface area (Å²) in [6, 6.07) is 0. The molecule has 0 unspecified atom stereocenters. The summed E-state index contributed by atoms with van der Waals surface area (Å²) in [5.74, 6) is 2.51. The number of rotatable bonds is 24. The van der Waals surface area contributed by atoms with Crippen molar-refractivity contribution in [2.24, 2.45) is 11.5 Å². The molecule has 0 aliphatic carbocycles. The number of nitrogens with zero attached hydrogens (tertiary/aromatic N) is 1. The van der Waals surface area contributed by atoms with Crippen LogP contribution >= 0.6 is 0 Å². The molecule has 0 aliphatic rings. The lowest BCUT2D eigenvalue weighted by molar-refractivity contribution is -0.132. The largest absolute Gasteiger partial charge is 0.379 e. The van der Waals surface area contributed by atoms with E-state index in [-0.39, 0.29) is 5.91 Å². The van der Waals surface area contributed by atoms with Crippen molar-refractivity contribution in [1.29, 1.82) is 0 Å². The number of terminal acetylenes is 1. The van der Waals surface area contributed by atoms with Gasteiger partial charge in [0.25, 0.3) is 0 Å². The maximum absolute atomic E-state index is 12.5. The molecule has 0 atom stereocenters. The second-order valence-electron chi connectivity index (χ2n) is 6.97. The first-order valence-electron chi connectivity index (χ1n) is 11.4. The smallest absolute Gasteiger partial charge is 0.224 e. The standard InChI is InChI=1S/C22H44N4O5/c1-2-14-28-16-18-30-20-21-31-19-17-29-15-7-22(27)26(13-11-25-10-9-24)12-6-4-3-5-8-23/h1,25H,3-21,23-24H2. The fraction of sp³-hybridized carbons (Fsp3) is 0.864. The molecule has 0 aromatic carbocycles. The molecular formula is C22H44N4O5. The first-order chi connectivity index (χ1) is 15.3. The number of hydrogen-bond acceptors (Lipinski definition) is 8. The average Bonchev–Trinajstić information content (AvgIpc) is 2.78. The number of nitrogens with one attached hydrogen (secondary N) is 1. The van der Waals surface area contributed by atoms with Gasteiger partial charge in [0.1, 0.15) is 6.61 Å². The van der Waals surface area contributed by atoms with Crippen molar-refractivity contribution in [2.75, 3.05) is 92.1 Å². The lowest BCUT2D eigenvalue weighted by atomic mass is 10.2. The summed E-state index contributed by atoms with van der Waals surface area (Å²) in [6.45, 7) is 7.86. The molecule has 0 aromatic heterocycles. The van der Waals surface area contributed by atoms with Gasteiger partial charge in [-0.25, -0.2) is 0 Å². The normalized spacial score (nSPS) is 10.9. The van der Waals surface area contributed by atoms with Crippen LogP contribution in [0, 0.1) is 12.3 Å². The SMILES string of the molecule is C#CCOCCOCCOCCOCCC(=O)N(CCCCCCN)CCNCCN. The van der Waals surface area contributed by atoms with Gasteiger partial charge in [0.2, 0.25) is 5.91 Å². The molecular weight excluding hydrogens is 400 g/mol. The third-order valence-electron chi connectivity index (χ3n) is 4.38. The Bertz CT molecular complexity index is 435. The van der Waals surface area contributed by atoms with Crippen LogP contribution in [0.1, 0.15) is 32.1 Å². The molecule has 9 heteroatoms. The molecule has 182 valence electrons. The minimum Gasteiger partial charge on any atom is -0.379 e. The Morgan fingerprint density at radius 1 is 0.774 bits per heavy atom. The van der Waals surface area contributed by atoms with Gasteiger partial charge in [0.15, 0.2) is 0 Å². The molecule has 0 aromatic rings. The Kier molecular flexibility index (Phi) is 24.0. The molecule has 0 fully saturated rings. The summed E-state index contributed by atoms with van der Waals surface area (Å²) in [4.78, 5) is 14.4. The van der Waals surface area contributed by atoms with Gasteiger partial charge in [0.05, 0.1) is 52.7 Å². The molecule has 0 aliphatic heterocycles. The van der Waals surface area contributed by atoms with Crippen LogP contribution in [0.4, 0.5) is 0 Å². The third kappa shape index (κ3) is 21.8. The summed E-state index contributed by atoms with van der Waals surface area (Å²) in [5.41, 5.74) is 11.0. The van der Waals surface area contributed by atoms with E-state index >= 15 is 0 Å². The van der Waals surface area contributed by atoms with E-state index in [4.69, 9.17) is 36.8 Å². The predicted octanol–water partition coefficient (Wildman–Crippen LogP) is -0.0279. The van der Waals surface area contributed by atoms with Gasteiger partial charge in [-0.05, 0) is 19.4 Å². The van der Waals surface area contributed by atoms with Crippen molar-refractivity contribution < 1.29 is 23.7 Å². The van der Waals surface area contributed by atoms with Gasteiger partial charge in [-0.2, -0.15) is 0 Å². The van der Waals surface area contributed by atoms with Crippen LogP contribution < -0.4 is 16.8 Å². The Morgan fingerprint density at radius 2 is 1.39 bits per heavy atom. The van der Waals surface area contributed by atoms with Crippen molar-refractivity contribution in [2.45, 2.75) is 32.1 Å². The van der Waals surface area contributed by atoms with E-state index < -0.39 is 0 Å². The predicted molar refractivity (Wildman–Crippen MR) is 123 cm³/mol. The summed E-state index contributed by atoms with van der Waals surface area (Å²) in [6.07, 6.45) is 9.68. The molecule has 0 saturated carbocycles. The monoisotopic (exact) mass is 444 g/mol. The summed E-state index contributed by atoms with van der Waals surface area (Å²) in [5, 5.41) is 3.24. The minimum atomic E-state index is 0.120. The topological polar surface area (TPSA) is 121 Å². The molecule has 9 nitrogen and oxygen atoms in total. The van der Waals surface area contributed by atoms with Crippen LogP contribution in [0.2, 0.25) is 0 Å². The van der Waals surface area contributed by atoms with Crippen molar-refractivity contribution in [3.05, 3.63) is 0 Å². The molecule has 0 spiro atoms. The van der Waals surface area contributed by atoms with Gasteiger partial charge >= 0.3 is 0 Å². The molecule has 0 saturated heterocycles. The van der Waals surface area contributed by atoms with Gasteiger partial charge in [-0.15, -0.1) is 6.42 Å². The first-order valence-corrected chi connectivity index (χ1v) is 11.4. The minimum absolute atomic E-state index is 0.120. The maximum atomic E-state index is 12.5. The van der Waals surface area contributed by atoms with Gasteiger partial charge in [-0.1, -0.05) is 18.8 Å². The molecule has 5 N–H and O–H groups in total. The van der Waals surface area contributed by atoms with Crippen LogP contribution in [0.5, 0.6) is 0 Å². The van der Waals surface area contributed by atoms with E-state index in [1.807, 2.05) is 4.90 Å². The number of amides is 1. The number of nitrogens with two attached hydrogens (primary N) is 2. The van der Waals surface area contributed by atoms with Crippen molar-refractivity contribution in [3.63, 3.8) is 0 Å². The quantitative estimate of drug-likeness (QED) is 0.140. The highest BCUT2D eigenvalue weighted by atomic mass is 16.6. The molecule has 0 heterocycles. The van der Waals surface area contributed by atoms with Gasteiger partial charge in [0, 0.05) is 32.7 Å². The molecule has 0 radical (unpaired) electrons. The number of unbranched alkanes of at least 4 members (excludes halogenated alkanes) is 3. The Balaban J connectivity index is 3.75. The van der Waals surface area contributed by atoms with Crippen molar-refractivity contribution >= 4 is 5.91 Å². The highest BCUT2D eigenvalue weighted by molar-refractivity contribution is 5.76. The Hall–Kier alpha value is -1.25. The average molecular weight is 445 g/mol. The first kappa shape index (κ1) is 29.8. The number of carbonyl (C=O) groups excluding carboxylic acids is 1. The highest BCUT2D eigenvalue weighted by Gasteiger charge is 2.12. The van der Waals surface area contributed by atoms with E-state index in [0.717, 1.165) is 51.9 Å². The van der Waals surface area contributed by atoms with Crippen molar-refractivity contribution in [3.8, 4) is 12.3 Å². The number of ether oxygens (including phenoxy) is 4. The van der Waals surface area contributed by atoms with Crippen molar-refractivity contribution in [1.82, 2.24) is 10.2 Å². The van der Waals surface area contributed by atoms with Crippen LogP contribution in [0.3, 0.4) is 0 Å². The zero-order chi connectivity index (χ0) is 22.8. The van der Waals surface area contributed by atoms with E-state index in [2.05, 4.69) is 11.2 Å². The van der Waals surface area contributed by atoms with E-state index in [0.29, 0.717) is 72.4 Å². The Morgan fingerprint density at radius 3 is 2.00 bits per heavy atom. The number of carbonyl (C=O) groups is 1. The second-order valence-corrected chi connectivity index (χ2v) is 6.97. The molecule has 0 rings (SSSR count). The van der Waals surface area contributed by atoms with E-state index in [9.17, 15) is 4.79 Å². The fourth-order valence-corrected chi connectivity index (χ4v) is 2.71. The van der Waals surface area contributed by atoms with Gasteiger partial charge in [-0.3, -0.25) is 4.79 Å². The van der Waals surface area contributed by atoms with E-state index in [1.165, 1.54) is 0 Å². The second kappa shape index (κ2) is 25.0. The lowest BCUT2D eigenvalue weighted by Gasteiger charge is -2.23.